The van der Waals surface area contributed by atoms with E-state index in [2.05, 4.69) is 41.8 Å². The maximum absolute atomic E-state index is 5.30. The maximum Gasteiger partial charge on any atom is 0.163 e. The number of nitrogens with zero attached hydrogens (tertiary/aromatic N) is 3. The van der Waals surface area contributed by atoms with E-state index in [-0.39, 0.29) is 0 Å². The van der Waals surface area contributed by atoms with Gasteiger partial charge in [0.1, 0.15) is 17.4 Å². The van der Waals surface area contributed by atoms with Gasteiger partial charge in [-0.25, -0.2) is 9.97 Å². The predicted molar refractivity (Wildman–Crippen MR) is 120 cm³/mol. The molecule has 3 aromatic rings. The Hall–Kier alpha value is -3.12. The third-order valence-electron chi connectivity index (χ3n) is 4.48. The van der Waals surface area contributed by atoms with Crippen molar-refractivity contribution in [3.05, 3.63) is 66.2 Å². The van der Waals surface area contributed by atoms with Crippen LogP contribution >= 0.6 is 0 Å². The molecule has 0 spiro atoms. The van der Waals surface area contributed by atoms with Crippen LogP contribution in [0.5, 0.6) is 5.75 Å². The van der Waals surface area contributed by atoms with Crippen molar-refractivity contribution in [1.29, 1.82) is 0 Å². The summed E-state index contributed by atoms with van der Waals surface area (Å²) in [6.07, 6.45) is 0.880. The fourth-order valence-electron chi connectivity index (χ4n) is 2.92. The van der Waals surface area contributed by atoms with Crippen molar-refractivity contribution in [2.24, 2.45) is 0 Å². The summed E-state index contributed by atoms with van der Waals surface area (Å²) in [4.78, 5) is 11.5. The molecule has 0 radical (unpaired) electrons. The first-order valence-electron chi connectivity index (χ1n) is 9.84. The molecule has 6 nitrogen and oxygen atoms in total. The molecule has 2 aromatic carbocycles. The molecule has 0 amide bonds. The van der Waals surface area contributed by atoms with Crippen LogP contribution in [0.15, 0.2) is 60.7 Å². The average Bonchev–Trinajstić information content (AvgIpc) is 2.74. The number of aromatic nitrogens is 2. The summed E-state index contributed by atoms with van der Waals surface area (Å²) in [6, 6.07) is 20.2. The van der Waals surface area contributed by atoms with Crippen LogP contribution in [0.1, 0.15) is 5.56 Å². The third kappa shape index (κ3) is 6.47. The number of hydrogen-bond donors (Lipinski definition) is 2. The van der Waals surface area contributed by atoms with Gasteiger partial charge in [0.15, 0.2) is 5.82 Å². The Labute approximate surface area is 173 Å². The van der Waals surface area contributed by atoms with Crippen LogP contribution in [0.3, 0.4) is 0 Å². The van der Waals surface area contributed by atoms with Crippen molar-refractivity contribution >= 4 is 11.6 Å². The molecule has 0 fully saturated rings. The second-order valence-corrected chi connectivity index (χ2v) is 7.09. The first kappa shape index (κ1) is 20.6. The van der Waals surface area contributed by atoms with Crippen LogP contribution in [-0.4, -0.2) is 55.7 Å². The van der Waals surface area contributed by atoms with E-state index in [0.29, 0.717) is 5.82 Å². The molecule has 0 aliphatic rings. The highest BCUT2D eigenvalue weighted by molar-refractivity contribution is 5.61. The molecule has 6 heteroatoms. The SMILES string of the molecule is COc1cccc(CCNc2cc(NCCN(C)C)nc(-c3ccccc3)n2)c1. The summed E-state index contributed by atoms with van der Waals surface area (Å²) in [7, 11) is 5.80. The van der Waals surface area contributed by atoms with Crippen molar-refractivity contribution in [2.75, 3.05) is 51.5 Å². The Balaban J connectivity index is 1.71. The van der Waals surface area contributed by atoms with Gasteiger partial charge >= 0.3 is 0 Å². The molecule has 2 N–H and O–H groups in total. The summed E-state index contributed by atoms with van der Waals surface area (Å²) in [5, 5.41) is 6.84. The van der Waals surface area contributed by atoms with Crippen LogP contribution < -0.4 is 15.4 Å². The summed E-state index contributed by atoms with van der Waals surface area (Å²) in [6.45, 7) is 2.53. The highest BCUT2D eigenvalue weighted by atomic mass is 16.5. The van der Waals surface area contributed by atoms with E-state index in [0.717, 1.165) is 49.0 Å². The number of hydrogen-bond acceptors (Lipinski definition) is 6. The lowest BCUT2D eigenvalue weighted by Gasteiger charge is -2.14. The van der Waals surface area contributed by atoms with Crippen LogP contribution in [0.25, 0.3) is 11.4 Å². The number of anilines is 2. The molecule has 0 unspecified atom stereocenters. The van der Waals surface area contributed by atoms with E-state index >= 15 is 0 Å². The highest BCUT2D eigenvalue weighted by Gasteiger charge is 2.07. The lowest BCUT2D eigenvalue weighted by atomic mass is 10.1. The van der Waals surface area contributed by atoms with Gasteiger partial charge in [0.2, 0.25) is 0 Å². The molecule has 29 heavy (non-hydrogen) atoms. The van der Waals surface area contributed by atoms with Gasteiger partial charge < -0.3 is 20.3 Å². The van der Waals surface area contributed by atoms with Gasteiger partial charge in [-0.05, 0) is 38.2 Å². The summed E-state index contributed by atoms with van der Waals surface area (Å²) in [5.74, 6) is 3.23. The minimum Gasteiger partial charge on any atom is -0.497 e. The normalized spacial score (nSPS) is 10.8. The van der Waals surface area contributed by atoms with E-state index in [1.54, 1.807) is 7.11 Å². The van der Waals surface area contributed by atoms with Gasteiger partial charge in [-0.15, -0.1) is 0 Å². The van der Waals surface area contributed by atoms with Gasteiger partial charge in [-0.3, -0.25) is 0 Å². The number of likely N-dealkylation sites (N-methyl/N-ethyl adjacent to an activating group) is 1. The summed E-state index contributed by atoms with van der Waals surface area (Å²) < 4.78 is 5.30. The van der Waals surface area contributed by atoms with Crippen LogP contribution in [0.4, 0.5) is 11.6 Å². The lowest BCUT2D eigenvalue weighted by molar-refractivity contribution is 0.414. The first-order chi connectivity index (χ1) is 14.1. The molecule has 1 heterocycles. The number of nitrogens with one attached hydrogen (secondary N) is 2. The second kappa shape index (κ2) is 10.4. The molecule has 152 valence electrons. The Morgan fingerprint density at radius 1 is 0.862 bits per heavy atom. The Morgan fingerprint density at radius 3 is 2.28 bits per heavy atom. The molecular formula is C23H29N5O. The number of rotatable bonds is 10. The number of methoxy groups -OCH3 is 1. The van der Waals surface area contributed by atoms with E-state index in [9.17, 15) is 0 Å². The highest BCUT2D eigenvalue weighted by Crippen LogP contribution is 2.20. The van der Waals surface area contributed by atoms with Gasteiger partial charge in [-0.1, -0.05) is 42.5 Å². The quantitative estimate of drug-likeness (QED) is 0.548. The standard InChI is InChI=1S/C23H29N5O/c1-28(2)15-14-25-22-17-21(26-23(27-22)19-9-5-4-6-10-19)24-13-12-18-8-7-11-20(16-18)29-3/h4-11,16-17H,12-15H2,1-3H3,(H2,24,25,26,27). The fraction of sp³-hybridized carbons (Fsp3) is 0.304. The van der Waals surface area contributed by atoms with E-state index in [1.807, 2.05) is 48.5 Å². The predicted octanol–water partition coefficient (Wildman–Crippen LogP) is 3.78. The Kier molecular flexibility index (Phi) is 7.41. The zero-order valence-corrected chi connectivity index (χ0v) is 17.4. The van der Waals surface area contributed by atoms with Gasteiger partial charge in [0.05, 0.1) is 7.11 Å². The van der Waals surface area contributed by atoms with Gasteiger partial charge in [-0.2, -0.15) is 0 Å². The van der Waals surface area contributed by atoms with Crippen molar-refractivity contribution in [1.82, 2.24) is 14.9 Å². The monoisotopic (exact) mass is 391 g/mol. The minimum absolute atomic E-state index is 0.712. The smallest absolute Gasteiger partial charge is 0.163 e. The Bertz CT molecular complexity index is 899. The zero-order chi connectivity index (χ0) is 20.5. The largest absolute Gasteiger partial charge is 0.497 e. The molecule has 0 bridgehead atoms. The van der Waals surface area contributed by atoms with Crippen molar-refractivity contribution < 1.29 is 4.74 Å². The molecule has 3 rings (SSSR count). The summed E-state index contributed by atoms with van der Waals surface area (Å²) in [5.41, 5.74) is 2.22. The van der Waals surface area contributed by atoms with Crippen LogP contribution in [0, 0.1) is 0 Å². The van der Waals surface area contributed by atoms with Crippen LogP contribution in [-0.2, 0) is 6.42 Å². The zero-order valence-electron chi connectivity index (χ0n) is 17.4. The van der Waals surface area contributed by atoms with Crippen molar-refractivity contribution in [3.63, 3.8) is 0 Å². The molecule has 0 aliphatic heterocycles. The first-order valence-corrected chi connectivity index (χ1v) is 9.84. The van der Waals surface area contributed by atoms with E-state index < -0.39 is 0 Å². The Morgan fingerprint density at radius 2 is 1.59 bits per heavy atom. The second-order valence-electron chi connectivity index (χ2n) is 7.09. The topological polar surface area (TPSA) is 62.3 Å². The molecule has 0 saturated heterocycles. The molecule has 0 aliphatic carbocycles. The average molecular weight is 392 g/mol. The maximum atomic E-state index is 5.30. The van der Waals surface area contributed by atoms with Gasteiger partial charge in [0, 0.05) is 31.3 Å². The van der Waals surface area contributed by atoms with Gasteiger partial charge in [0.25, 0.3) is 0 Å². The fourth-order valence-corrected chi connectivity index (χ4v) is 2.92. The third-order valence-corrected chi connectivity index (χ3v) is 4.48. The minimum atomic E-state index is 0.712. The van der Waals surface area contributed by atoms with Crippen LogP contribution in [0.2, 0.25) is 0 Å². The molecule has 1 aromatic heterocycles. The van der Waals surface area contributed by atoms with Crippen molar-refractivity contribution in [3.8, 4) is 17.1 Å². The molecule has 0 atom stereocenters. The van der Waals surface area contributed by atoms with E-state index in [4.69, 9.17) is 14.7 Å². The number of benzene rings is 2. The molecular weight excluding hydrogens is 362 g/mol. The van der Waals surface area contributed by atoms with Crippen molar-refractivity contribution in [2.45, 2.75) is 6.42 Å². The summed E-state index contributed by atoms with van der Waals surface area (Å²) >= 11 is 0. The number of ether oxygens (including phenoxy) is 1. The van der Waals surface area contributed by atoms with E-state index in [1.165, 1.54) is 5.56 Å². The molecule has 0 saturated carbocycles. The lowest BCUT2D eigenvalue weighted by Crippen LogP contribution is -2.21.